The molecule has 170 valence electrons. The summed E-state index contributed by atoms with van der Waals surface area (Å²) in [6.07, 6.45) is 1.43. The summed E-state index contributed by atoms with van der Waals surface area (Å²) in [4.78, 5) is 30.9. The van der Waals surface area contributed by atoms with Gasteiger partial charge in [0.2, 0.25) is 5.91 Å². The van der Waals surface area contributed by atoms with Gasteiger partial charge in [-0.2, -0.15) is 0 Å². The molecule has 1 aliphatic heterocycles. The summed E-state index contributed by atoms with van der Waals surface area (Å²) < 4.78 is 0. The van der Waals surface area contributed by atoms with Crippen LogP contribution < -0.4 is 9.80 Å². The number of hydrogen-bond acceptors (Lipinski definition) is 2. The first kappa shape index (κ1) is 23.1. The Morgan fingerprint density at radius 2 is 1.73 bits per heavy atom. The molecule has 0 fully saturated rings. The third kappa shape index (κ3) is 4.53. The average Bonchev–Trinajstić information content (AvgIpc) is 2.84. The lowest BCUT2D eigenvalue weighted by Crippen LogP contribution is -2.49. The molecule has 0 bridgehead atoms. The largest absolute Gasteiger partial charge is 0.309 e. The molecule has 0 aromatic heterocycles. The van der Waals surface area contributed by atoms with Crippen LogP contribution in [0.3, 0.4) is 0 Å². The SMILES string of the molecule is CC[C@@H](C)C(=O)N1c2ccccc2[C@@H](N(C(=O)c2cccc(Cl)c2)c2ccccc2)C[C@H]1C. The molecular formula is C28H29ClN2O2. The Morgan fingerprint density at radius 1 is 1.03 bits per heavy atom. The zero-order valence-corrected chi connectivity index (χ0v) is 20.0. The van der Waals surface area contributed by atoms with E-state index in [9.17, 15) is 9.59 Å². The predicted octanol–water partition coefficient (Wildman–Crippen LogP) is 6.90. The van der Waals surface area contributed by atoms with Gasteiger partial charge in [-0.3, -0.25) is 9.59 Å². The molecule has 3 atom stereocenters. The van der Waals surface area contributed by atoms with Gasteiger partial charge in [-0.25, -0.2) is 0 Å². The Hall–Kier alpha value is -3.11. The maximum absolute atomic E-state index is 13.9. The minimum absolute atomic E-state index is 0.0511. The number of hydrogen-bond donors (Lipinski definition) is 0. The molecule has 0 radical (unpaired) electrons. The van der Waals surface area contributed by atoms with Crippen molar-refractivity contribution < 1.29 is 9.59 Å². The van der Waals surface area contributed by atoms with E-state index in [-0.39, 0.29) is 29.8 Å². The lowest BCUT2D eigenvalue weighted by atomic mass is 9.88. The van der Waals surface area contributed by atoms with Gasteiger partial charge in [0.15, 0.2) is 0 Å². The molecule has 0 aliphatic carbocycles. The van der Waals surface area contributed by atoms with Crippen LogP contribution in [0, 0.1) is 5.92 Å². The molecule has 1 aliphatic rings. The zero-order valence-electron chi connectivity index (χ0n) is 19.2. The second-order valence-electron chi connectivity index (χ2n) is 8.70. The molecule has 3 aromatic carbocycles. The van der Waals surface area contributed by atoms with Crippen molar-refractivity contribution in [2.24, 2.45) is 5.92 Å². The van der Waals surface area contributed by atoms with Crippen LogP contribution >= 0.6 is 11.6 Å². The van der Waals surface area contributed by atoms with Gasteiger partial charge in [0.1, 0.15) is 0 Å². The number of amides is 2. The number of anilines is 2. The van der Waals surface area contributed by atoms with Crippen molar-refractivity contribution in [3.8, 4) is 0 Å². The Bertz CT molecular complexity index is 1150. The summed E-state index contributed by atoms with van der Waals surface area (Å²) >= 11 is 6.21. The summed E-state index contributed by atoms with van der Waals surface area (Å²) in [6.45, 7) is 6.08. The van der Waals surface area contributed by atoms with Gasteiger partial charge in [-0.05, 0) is 61.7 Å². The number of nitrogens with zero attached hydrogens (tertiary/aromatic N) is 2. The summed E-state index contributed by atoms with van der Waals surface area (Å²) in [7, 11) is 0. The van der Waals surface area contributed by atoms with Crippen molar-refractivity contribution in [3.63, 3.8) is 0 Å². The van der Waals surface area contributed by atoms with Gasteiger partial charge in [-0.15, -0.1) is 0 Å². The van der Waals surface area contributed by atoms with Gasteiger partial charge >= 0.3 is 0 Å². The highest BCUT2D eigenvalue weighted by Crippen LogP contribution is 2.43. The Morgan fingerprint density at radius 3 is 2.42 bits per heavy atom. The molecule has 33 heavy (non-hydrogen) atoms. The van der Waals surface area contributed by atoms with E-state index in [2.05, 4.69) is 6.92 Å². The van der Waals surface area contributed by atoms with Crippen LogP contribution in [0.15, 0.2) is 78.9 Å². The van der Waals surface area contributed by atoms with E-state index < -0.39 is 0 Å². The Labute approximate surface area is 200 Å². The van der Waals surface area contributed by atoms with Crippen LogP contribution in [-0.4, -0.2) is 17.9 Å². The second kappa shape index (κ2) is 9.80. The van der Waals surface area contributed by atoms with Crippen LogP contribution in [0.4, 0.5) is 11.4 Å². The minimum Gasteiger partial charge on any atom is -0.309 e. The number of rotatable bonds is 5. The van der Waals surface area contributed by atoms with E-state index >= 15 is 0 Å². The summed E-state index contributed by atoms with van der Waals surface area (Å²) in [5.41, 5.74) is 3.21. The zero-order chi connectivity index (χ0) is 23.5. The van der Waals surface area contributed by atoms with E-state index in [0.29, 0.717) is 17.0 Å². The monoisotopic (exact) mass is 460 g/mol. The normalized spacial score (nSPS) is 18.4. The van der Waals surface area contributed by atoms with Crippen molar-refractivity contribution in [2.45, 2.75) is 45.7 Å². The first-order chi connectivity index (χ1) is 15.9. The lowest BCUT2D eigenvalue weighted by Gasteiger charge is -2.44. The quantitative estimate of drug-likeness (QED) is 0.415. The fourth-order valence-electron chi connectivity index (χ4n) is 4.56. The third-order valence-electron chi connectivity index (χ3n) is 6.47. The molecule has 4 nitrogen and oxygen atoms in total. The molecule has 2 amide bonds. The van der Waals surface area contributed by atoms with E-state index in [1.165, 1.54) is 0 Å². The van der Waals surface area contributed by atoms with Crippen molar-refractivity contribution >= 4 is 34.8 Å². The molecular weight excluding hydrogens is 432 g/mol. The van der Waals surface area contributed by atoms with Gasteiger partial charge in [0.05, 0.1) is 6.04 Å². The number of carbonyl (C=O) groups excluding carboxylic acids is 2. The summed E-state index contributed by atoms with van der Waals surface area (Å²) in [6, 6.07) is 24.5. The summed E-state index contributed by atoms with van der Waals surface area (Å²) in [5, 5.41) is 0.525. The highest BCUT2D eigenvalue weighted by Gasteiger charge is 2.39. The number of halogens is 1. The van der Waals surface area contributed by atoms with Crippen LogP contribution in [0.5, 0.6) is 0 Å². The van der Waals surface area contributed by atoms with Crippen LogP contribution in [-0.2, 0) is 4.79 Å². The lowest BCUT2D eigenvalue weighted by molar-refractivity contribution is -0.122. The standard InChI is InChI=1S/C28H29ClN2O2/c1-4-19(2)27(32)30-20(3)17-26(24-15-8-9-16-25(24)30)31(23-13-6-5-7-14-23)28(33)21-11-10-12-22(29)18-21/h5-16,18-20,26H,4,17H2,1-3H3/t19-,20-,26+/m1/s1. The third-order valence-corrected chi connectivity index (χ3v) is 6.70. The minimum atomic E-state index is -0.217. The van der Waals surface area contributed by atoms with Crippen molar-refractivity contribution in [1.82, 2.24) is 0 Å². The number of carbonyl (C=O) groups is 2. The molecule has 1 heterocycles. The molecule has 0 saturated heterocycles. The van der Waals surface area contributed by atoms with Crippen LogP contribution in [0.1, 0.15) is 55.6 Å². The first-order valence-corrected chi connectivity index (χ1v) is 11.9. The van der Waals surface area contributed by atoms with E-state index in [4.69, 9.17) is 11.6 Å². The smallest absolute Gasteiger partial charge is 0.258 e. The maximum Gasteiger partial charge on any atom is 0.258 e. The van der Waals surface area contributed by atoms with Crippen molar-refractivity contribution in [3.05, 3.63) is 95.0 Å². The fourth-order valence-corrected chi connectivity index (χ4v) is 4.75. The average molecular weight is 461 g/mol. The molecule has 3 aromatic rings. The first-order valence-electron chi connectivity index (χ1n) is 11.5. The highest BCUT2D eigenvalue weighted by atomic mass is 35.5. The highest BCUT2D eigenvalue weighted by molar-refractivity contribution is 6.31. The number of fused-ring (bicyclic) bond motifs is 1. The molecule has 0 N–H and O–H groups in total. The maximum atomic E-state index is 13.9. The Kier molecular flexibility index (Phi) is 6.85. The Balaban J connectivity index is 1.83. The predicted molar refractivity (Wildman–Crippen MR) is 135 cm³/mol. The topological polar surface area (TPSA) is 40.6 Å². The molecule has 0 spiro atoms. The second-order valence-corrected chi connectivity index (χ2v) is 9.13. The van der Waals surface area contributed by atoms with Crippen molar-refractivity contribution in [1.29, 1.82) is 0 Å². The van der Waals surface area contributed by atoms with Crippen molar-refractivity contribution in [2.75, 3.05) is 9.80 Å². The van der Waals surface area contributed by atoms with Crippen LogP contribution in [0.2, 0.25) is 5.02 Å². The summed E-state index contributed by atoms with van der Waals surface area (Å²) in [5.74, 6) is -0.0453. The van der Waals surface area contributed by atoms with Crippen LogP contribution in [0.25, 0.3) is 0 Å². The number of para-hydroxylation sites is 2. The van der Waals surface area contributed by atoms with Gasteiger partial charge in [0, 0.05) is 33.9 Å². The molecule has 0 unspecified atom stereocenters. The fraction of sp³-hybridized carbons (Fsp3) is 0.286. The van der Waals surface area contributed by atoms with Gasteiger partial charge in [0.25, 0.3) is 5.91 Å². The van der Waals surface area contributed by atoms with E-state index in [1.807, 2.05) is 78.2 Å². The van der Waals surface area contributed by atoms with E-state index in [0.717, 1.165) is 23.4 Å². The molecule has 5 heteroatoms. The number of benzene rings is 3. The molecule has 0 saturated carbocycles. The van der Waals surface area contributed by atoms with Gasteiger partial charge < -0.3 is 9.80 Å². The van der Waals surface area contributed by atoms with Gasteiger partial charge in [-0.1, -0.05) is 67.9 Å². The van der Waals surface area contributed by atoms with E-state index in [1.54, 1.807) is 24.3 Å². The molecule has 4 rings (SSSR count).